The normalized spacial score (nSPS) is 11.2. The Kier molecular flexibility index (Phi) is 5.74. The van der Waals surface area contributed by atoms with Gasteiger partial charge in [0.1, 0.15) is 11.0 Å². The Balaban J connectivity index is 1.60. The number of methoxy groups -OCH3 is 1. The summed E-state index contributed by atoms with van der Waals surface area (Å²) in [7, 11) is 1.72. The summed E-state index contributed by atoms with van der Waals surface area (Å²) in [5.74, 6) is 0. The van der Waals surface area contributed by atoms with Crippen LogP contribution in [0.2, 0.25) is 0 Å². The standard InChI is InChI=1S/C13H21N5O/c1-19-8-7-14-5-2-6-15-10-11-3-4-12-13(9-11)17-18-16-12/h3-4,9,14-15H,2,5-8,10H2,1H3,(H,16,17,18). The highest BCUT2D eigenvalue weighted by molar-refractivity contribution is 5.74. The Bertz CT molecular complexity index is 485. The van der Waals surface area contributed by atoms with Gasteiger partial charge in [0.15, 0.2) is 0 Å². The van der Waals surface area contributed by atoms with Crippen LogP contribution in [0.4, 0.5) is 0 Å². The largest absolute Gasteiger partial charge is 0.383 e. The molecule has 1 aromatic carbocycles. The van der Waals surface area contributed by atoms with Gasteiger partial charge in [-0.2, -0.15) is 15.4 Å². The van der Waals surface area contributed by atoms with Crippen LogP contribution in [0.3, 0.4) is 0 Å². The van der Waals surface area contributed by atoms with E-state index in [2.05, 4.69) is 38.2 Å². The third kappa shape index (κ3) is 4.59. The molecule has 6 nitrogen and oxygen atoms in total. The molecule has 3 N–H and O–H groups in total. The molecule has 0 spiro atoms. The van der Waals surface area contributed by atoms with E-state index >= 15 is 0 Å². The molecule has 0 saturated heterocycles. The van der Waals surface area contributed by atoms with Crippen LogP contribution in [-0.2, 0) is 11.3 Å². The lowest BCUT2D eigenvalue weighted by Gasteiger charge is -2.06. The number of nitrogens with zero attached hydrogens (tertiary/aromatic N) is 2. The number of fused-ring (bicyclic) bond motifs is 1. The van der Waals surface area contributed by atoms with E-state index in [9.17, 15) is 0 Å². The Morgan fingerprint density at radius 3 is 2.84 bits per heavy atom. The number of hydrogen-bond acceptors (Lipinski definition) is 5. The molecule has 0 amide bonds. The van der Waals surface area contributed by atoms with Gasteiger partial charge in [0.25, 0.3) is 0 Å². The van der Waals surface area contributed by atoms with Crippen molar-refractivity contribution in [3.05, 3.63) is 23.8 Å². The van der Waals surface area contributed by atoms with E-state index < -0.39 is 0 Å². The van der Waals surface area contributed by atoms with Crippen LogP contribution in [0, 0.1) is 0 Å². The number of aromatic nitrogens is 3. The van der Waals surface area contributed by atoms with Crippen molar-refractivity contribution in [2.24, 2.45) is 0 Å². The molecule has 0 fully saturated rings. The lowest BCUT2D eigenvalue weighted by molar-refractivity contribution is 0.199. The van der Waals surface area contributed by atoms with E-state index in [0.717, 1.165) is 50.2 Å². The molecule has 0 radical (unpaired) electrons. The molecule has 2 rings (SSSR count). The van der Waals surface area contributed by atoms with E-state index in [-0.39, 0.29) is 0 Å². The van der Waals surface area contributed by atoms with Crippen LogP contribution >= 0.6 is 0 Å². The molecule has 19 heavy (non-hydrogen) atoms. The average molecular weight is 263 g/mol. The van der Waals surface area contributed by atoms with Crippen molar-refractivity contribution < 1.29 is 4.74 Å². The van der Waals surface area contributed by atoms with Gasteiger partial charge in [0.2, 0.25) is 0 Å². The molecular formula is C13H21N5O. The minimum Gasteiger partial charge on any atom is -0.383 e. The Labute approximate surface area is 112 Å². The van der Waals surface area contributed by atoms with Crippen molar-refractivity contribution in [2.75, 3.05) is 33.4 Å². The first-order valence-electron chi connectivity index (χ1n) is 6.60. The lowest BCUT2D eigenvalue weighted by Crippen LogP contribution is -2.24. The second kappa shape index (κ2) is 7.83. The summed E-state index contributed by atoms with van der Waals surface area (Å²) in [4.78, 5) is 0. The van der Waals surface area contributed by atoms with Gasteiger partial charge < -0.3 is 15.4 Å². The molecule has 0 atom stereocenters. The fourth-order valence-electron chi connectivity index (χ4n) is 1.87. The summed E-state index contributed by atoms with van der Waals surface area (Å²) < 4.78 is 4.96. The van der Waals surface area contributed by atoms with E-state index in [1.54, 1.807) is 7.11 Å². The smallest absolute Gasteiger partial charge is 0.113 e. The van der Waals surface area contributed by atoms with Crippen molar-refractivity contribution in [3.63, 3.8) is 0 Å². The van der Waals surface area contributed by atoms with Gasteiger partial charge in [-0.25, -0.2) is 0 Å². The fraction of sp³-hybridized carbons (Fsp3) is 0.538. The van der Waals surface area contributed by atoms with Crippen LogP contribution in [0.1, 0.15) is 12.0 Å². The van der Waals surface area contributed by atoms with Gasteiger partial charge in [0, 0.05) is 20.2 Å². The Morgan fingerprint density at radius 1 is 1.11 bits per heavy atom. The quantitative estimate of drug-likeness (QED) is 0.580. The summed E-state index contributed by atoms with van der Waals surface area (Å²) in [5, 5.41) is 17.5. The minimum absolute atomic E-state index is 0.769. The maximum atomic E-state index is 4.96. The number of aromatic amines is 1. The summed E-state index contributed by atoms with van der Waals surface area (Å²) >= 11 is 0. The molecule has 0 bridgehead atoms. The average Bonchev–Trinajstić information content (AvgIpc) is 2.89. The molecule has 0 aliphatic heterocycles. The zero-order valence-electron chi connectivity index (χ0n) is 11.3. The van der Waals surface area contributed by atoms with Gasteiger partial charge in [0.05, 0.1) is 6.61 Å². The van der Waals surface area contributed by atoms with Gasteiger partial charge in [-0.3, -0.25) is 0 Å². The molecule has 0 aliphatic carbocycles. The maximum Gasteiger partial charge on any atom is 0.113 e. The van der Waals surface area contributed by atoms with Crippen LogP contribution in [0.25, 0.3) is 11.0 Å². The Hall–Kier alpha value is -1.50. The monoisotopic (exact) mass is 263 g/mol. The third-order valence-electron chi connectivity index (χ3n) is 2.90. The second-order valence-electron chi connectivity index (χ2n) is 4.42. The maximum absolute atomic E-state index is 4.96. The highest BCUT2D eigenvalue weighted by Crippen LogP contribution is 2.09. The highest BCUT2D eigenvalue weighted by atomic mass is 16.5. The molecule has 0 aliphatic rings. The zero-order valence-corrected chi connectivity index (χ0v) is 11.3. The van der Waals surface area contributed by atoms with Crippen molar-refractivity contribution in [2.45, 2.75) is 13.0 Å². The van der Waals surface area contributed by atoms with E-state index in [0.29, 0.717) is 0 Å². The van der Waals surface area contributed by atoms with Crippen LogP contribution < -0.4 is 10.6 Å². The predicted molar refractivity (Wildman–Crippen MR) is 75.0 cm³/mol. The minimum atomic E-state index is 0.769. The molecule has 0 unspecified atom stereocenters. The summed E-state index contributed by atoms with van der Waals surface area (Å²) in [6.45, 7) is 4.56. The molecular weight excluding hydrogens is 242 g/mol. The van der Waals surface area contributed by atoms with Gasteiger partial charge in [-0.1, -0.05) is 6.07 Å². The summed E-state index contributed by atoms with van der Waals surface area (Å²) in [5.41, 5.74) is 3.06. The lowest BCUT2D eigenvalue weighted by atomic mass is 10.2. The topological polar surface area (TPSA) is 74.9 Å². The van der Waals surface area contributed by atoms with E-state index in [4.69, 9.17) is 4.74 Å². The fourth-order valence-corrected chi connectivity index (χ4v) is 1.87. The van der Waals surface area contributed by atoms with Gasteiger partial charge in [-0.15, -0.1) is 0 Å². The number of rotatable bonds is 9. The van der Waals surface area contributed by atoms with Gasteiger partial charge in [-0.05, 0) is 37.2 Å². The number of nitrogens with one attached hydrogen (secondary N) is 3. The van der Waals surface area contributed by atoms with Crippen LogP contribution in [0.5, 0.6) is 0 Å². The van der Waals surface area contributed by atoms with Crippen molar-refractivity contribution in [1.82, 2.24) is 26.0 Å². The first-order chi connectivity index (χ1) is 9.40. The molecule has 1 aromatic heterocycles. The highest BCUT2D eigenvalue weighted by Gasteiger charge is 1.99. The van der Waals surface area contributed by atoms with Crippen LogP contribution in [0.15, 0.2) is 18.2 Å². The third-order valence-corrected chi connectivity index (χ3v) is 2.90. The van der Waals surface area contributed by atoms with Crippen molar-refractivity contribution in [1.29, 1.82) is 0 Å². The first kappa shape index (κ1) is 13.9. The van der Waals surface area contributed by atoms with Crippen LogP contribution in [-0.4, -0.2) is 48.8 Å². The number of benzene rings is 1. The molecule has 104 valence electrons. The SMILES string of the molecule is COCCNCCCNCc1ccc2n[nH]nc2c1. The molecule has 2 aromatic rings. The number of H-pyrrole nitrogens is 1. The van der Waals surface area contributed by atoms with E-state index in [1.807, 2.05) is 6.07 Å². The molecule has 0 saturated carbocycles. The zero-order chi connectivity index (χ0) is 13.3. The second-order valence-corrected chi connectivity index (χ2v) is 4.42. The van der Waals surface area contributed by atoms with Gasteiger partial charge >= 0.3 is 0 Å². The van der Waals surface area contributed by atoms with Crippen molar-refractivity contribution in [3.8, 4) is 0 Å². The predicted octanol–water partition coefficient (Wildman–Crippen LogP) is 0.674. The Morgan fingerprint density at radius 2 is 1.95 bits per heavy atom. The number of hydrogen-bond donors (Lipinski definition) is 3. The van der Waals surface area contributed by atoms with E-state index in [1.165, 1.54) is 5.56 Å². The van der Waals surface area contributed by atoms with Crippen molar-refractivity contribution >= 4 is 11.0 Å². The first-order valence-corrected chi connectivity index (χ1v) is 6.60. The molecule has 6 heteroatoms. The summed E-state index contributed by atoms with van der Waals surface area (Å²) in [6.07, 6.45) is 1.11. The summed E-state index contributed by atoms with van der Waals surface area (Å²) in [6, 6.07) is 6.12. The number of ether oxygens (including phenoxy) is 1. The molecule has 1 heterocycles.